The van der Waals surface area contributed by atoms with Crippen molar-refractivity contribution >= 4 is 6.08 Å². The Kier molecular flexibility index (Phi) is 3.15. The fourth-order valence-corrected chi connectivity index (χ4v) is 0.875. The normalized spacial score (nSPS) is 12.2. The first-order valence-electron chi connectivity index (χ1n) is 3.94. The molecule has 1 aromatic carbocycles. The first kappa shape index (κ1) is 8.60. The van der Waals surface area contributed by atoms with Gasteiger partial charge in [0.25, 0.3) is 0 Å². The molecule has 0 radical (unpaired) electrons. The monoisotopic (exact) mass is 159 g/mol. The van der Waals surface area contributed by atoms with Gasteiger partial charge in [0.15, 0.2) is 0 Å². The zero-order chi connectivity index (χ0) is 8.81. The minimum atomic E-state index is 0.821. The van der Waals surface area contributed by atoms with E-state index in [0.29, 0.717) is 0 Å². The molecule has 0 bridgehead atoms. The summed E-state index contributed by atoms with van der Waals surface area (Å²) in [7, 11) is 0. The van der Waals surface area contributed by atoms with Crippen molar-refractivity contribution in [3.8, 4) is 0 Å². The standard InChI is InChI=1S/C11H13N/c1-10(12)6-5-9-11-7-3-2-4-8-11/h2-9H,12H2,1H3/b9-5-,10-6+. The average Bonchev–Trinajstić information content (AvgIpc) is 2.05. The lowest BCUT2D eigenvalue weighted by atomic mass is 10.2. The molecule has 0 heterocycles. The van der Waals surface area contributed by atoms with E-state index < -0.39 is 0 Å². The Hall–Kier alpha value is -1.50. The molecule has 0 atom stereocenters. The summed E-state index contributed by atoms with van der Waals surface area (Å²) in [5, 5.41) is 0. The van der Waals surface area contributed by atoms with Crippen LogP contribution in [0.3, 0.4) is 0 Å². The Morgan fingerprint density at radius 3 is 2.50 bits per heavy atom. The Labute approximate surface area is 73.2 Å². The molecule has 0 spiro atoms. The fourth-order valence-electron chi connectivity index (χ4n) is 0.875. The summed E-state index contributed by atoms with van der Waals surface area (Å²) in [6, 6.07) is 10.1. The highest BCUT2D eigenvalue weighted by Crippen LogP contribution is 2.00. The maximum absolute atomic E-state index is 5.47. The van der Waals surface area contributed by atoms with Gasteiger partial charge in [-0.25, -0.2) is 0 Å². The van der Waals surface area contributed by atoms with Gasteiger partial charge in [0.2, 0.25) is 0 Å². The molecule has 0 aliphatic rings. The van der Waals surface area contributed by atoms with Gasteiger partial charge in [0, 0.05) is 5.70 Å². The van der Waals surface area contributed by atoms with Gasteiger partial charge in [-0.3, -0.25) is 0 Å². The molecule has 12 heavy (non-hydrogen) atoms. The summed E-state index contributed by atoms with van der Waals surface area (Å²) in [5.41, 5.74) is 7.48. The lowest BCUT2D eigenvalue weighted by Crippen LogP contribution is -1.87. The third kappa shape index (κ3) is 3.06. The minimum Gasteiger partial charge on any atom is -0.402 e. The highest BCUT2D eigenvalue weighted by Gasteiger charge is 1.79. The maximum Gasteiger partial charge on any atom is 0.00488 e. The fraction of sp³-hybridized carbons (Fsp3) is 0.0909. The van der Waals surface area contributed by atoms with Crippen LogP contribution in [-0.2, 0) is 0 Å². The van der Waals surface area contributed by atoms with E-state index in [0.717, 1.165) is 5.70 Å². The maximum atomic E-state index is 5.47. The molecular weight excluding hydrogens is 146 g/mol. The predicted octanol–water partition coefficient (Wildman–Crippen LogP) is 2.56. The molecule has 0 aliphatic carbocycles. The van der Waals surface area contributed by atoms with Crippen LogP contribution >= 0.6 is 0 Å². The van der Waals surface area contributed by atoms with Crippen molar-refractivity contribution in [2.45, 2.75) is 6.92 Å². The van der Waals surface area contributed by atoms with Crippen molar-refractivity contribution in [1.82, 2.24) is 0 Å². The summed E-state index contributed by atoms with van der Waals surface area (Å²) < 4.78 is 0. The number of rotatable bonds is 2. The third-order valence-electron chi connectivity index (χ3n) is 1.45. The van der Waals surface area contributed by atoms with Crippen LogP contribution in [0, 0.1) is 0 Å². The molecule has 1 nitrogen and oxygen atoms in total. The SMILES string of the molecule is C/C(N)=C\C=C/c1ccccc1. The Bertz CT molecular complexity index is 279. The van der Waals surface area contributed by atoms with Gasteiger partial charge in [-0.15, -0.1) is 0 Å². The summed E-state index contributed by atoms with van der Waals surface area (Å²) in [6.45, 7) is 1.87. The molecule has 0 saturated carbocycles. The van der Waals surface area contributed by atoms with Crippen molar-refractivity contribution in [2.24, 2.45) is 5.73 Å². The quantitative estimate of drug-likeness (QED) is 0.659. The molecule has 62 valence electrons. The Morgan fingerprint density at radius 2 is 1.92 bits per heavy atom. The number of hydrogen-bond donors (Lipinski definition) is 1. The van der Waals surface area contributed by atoms with Crippen molar-refractivity contribution < 1.29 is 0 Å². The molecule has 0 aliphatic heterocycles. The van der Waals surface area contributed by atoms with Crippen LogP contribution in [0.15, 0.2) is 48.2 Å². The highest BCUT2D eigenvalue weighted by molar-refractivity contribution is 5.50. The van der Waals surface area contributed by atoms with E-state index in [-0.39, 0.29) is 0 Å². The van der Waals surface area contributed by atoms with E-state index in [2.05, 4.69) is 12.1 Å². The third-order valence-corrected chi connectivity index (χ3v) is 1.45. The van der Waals surface area contributed by atoms with E-state index in [4.69, 9.17) is 5.73 Å². The van der Waals surface area contributed by atoms with Crippen LogP contribution in [0.5, 0.6) is 0 Å². The molecule has 0 fully saturated rings. The predicted molar refractivity (Wildman–Crippen MR) is 53.4 cm³/mol. The number of hydrogen-bond acceptors (Lipinski definition) is 1. The first-order valence-corrected chi connectivity index (χ1v) is 3.94. The molecule has 0 saturated heterocycles. The van der Waals surface area contributed by atoms with E-state index in [9.17, 15) is 0 Å². The lowest BCUT2D eigenvalue weighted by molar-refractivity contribution is 1.32. The van der Waals surface area contributed by atoms with E-state index in [1.54, 1.807) is 0 Å². The van der Waals surface area contributed by atoms with Crippen molar-refractivity contribution in [1.29, 1.82) is 0 Å². The molecule has 0 amide bonds. The zero-order valence-electron chi connectivity index (χ0n) is 7.20. The lowest BCUT2D eigenvalue weighted by Gasteiger charge is -1.89. The first-order chi connectivity index (χ1) is 5.79. The van der Waals surface area contributed by atoms with E-state index in [1.165, 1.54) is 5.56 Å². The second-order valence-corrected chi connectivity index (χ2v) is 2.68. The summed E-state index contributed by atoms with van der Waals surface area (Å²) in [4.78, 5) is 0. The summed E-state index contributed by atoms with van der Waals surface area (Å²) in [6.07, 6.45) is 5.86. The van der Waals surface area contributed by atoms with Gasteiger partial charge < -0.3 is 5.73 Å². The Balaban J connectivity index is 2.64. The van der Waals surface area contributed by atoms with Crippen LogP contribution in [0.4, 0.5) is 0 Å². The van der Waals surface area contributed by atoms with Gasteiger partial charge in [-0.05, 0) is 18.6 Å². The molecule has 0 aromatic heterocycles. The molecule has 1 heteroatoms. The minimum absolute atomic E-state index is 0.821. The second kappa shape index (κ2) is 4.39. The van der Waals surface area contributed by atoms with E-state index >= 15 is 0 Å². The van der Waals surface area contributed by atoms with Gasteiger partial charge in [-0.2, -0.15) is 0 Å². The van der Waals surface area contributed by atoms with Crippen molar-refractivity contribution in [3.63, 3.8) is 0 Å². The summed E-state index contributed by atoms with van der Waals surface area (Å²) in [5.74, 6) is 0. The molecule has 0 unspecified atom stereocenters. The number of benzene rings is 1. The second-order valence-electron chi connectivity index (χ2n) is 2.68. The van der Waals surface area contributed by atoms with Crippen LogP contribution in [-0.4, -0.2) is 0 Å². The smallest absolute Gasteiger partial charge is 0.00488 e. The number of nitrogens with two attached hydrogens (primary N) is 1. The average molecular weight is 159 g/mol. The Morgan fingerprint density at radius 1 is 1.25 bits per heavy atom. The highest BCUT2D eigenvalue weighted by atomic mass is 14.5. The topological polar surface area (TPSA) is 26.0 Å². The molecule has 2 N–H and O–H groups in total. The molecule has 1 aromatic rings. The van der Waals surface area contributed by atoms with Crippen molar-refractivity contribution in [2.75, 3.05) is 0 Å². The van der Waals surface area contributed by atoms with Gasteiger partial charge in [0.05, 0.1) is 0 Å². The van der Waals surface area contributed by atoms with Crippen LogP contribution in [0.25, 0.3) is 6.08 Å². The van der Waals surface area contributed by atoms with Gasteiger partial charge in [-0.1, -0.05) is 42.5 Å². The van der Waals surface area contributed by atoms with Crippen molar-refractivity contribution in [3.05, 3.63) is 53.7 Å². The number of allylic oxidation sites excluding steroid dienone is 3. The summed E-state index contributed by atoms with van der Waals surface area (Å²) >= 11 is 0. The van der Waals surface area contributed by atoms with E-state index in [1.807, 2.05) is 43.4 Å². The van der Waals surface area contributed by atoms with Crippen LogP contribution < -0.4 is 5.73 Å². The van der Waals surface area contributed by atoms with Gasteiger partial charge >= 0.3 is 0 Å². The van der Waals surface area contributed by atoms with Gasteiger partial charge in [0.1, 0.15) is 0 Å². The van der Waals surface area contributed by atoms with Crippen LogP contribution in [0.1, 0.15) is 12.5 Å². The van der Waals surface area contributed by atoms with Crippen LogP contribution in [0.2, 0.25) is 0 Å². The zero-order valence-corrected chi connectivity index (χ0v) is 7.20. The largest absolute Gasteiger partial charge is 0.402 e. The molecule has 1 rings (SSSR count). The molecular formula is C11H13N.